The molecule has 2 aromatic rings. The average molecular weight is 276 g/mol. The number of phenols is 2. The number of carbonyl (C=O) groups is 2. The SMILES string of the molecule is O=C(O)c1cccc(C(=O)O)c1.Oc1cccc(O)c1. The van der Waals surface area contributed by atoms with Gasteiger partial charge in [0.2, 0.25) is 0 Å². The summed E-state index contributed by atoms with van der Waals surface area (Å²) in [5.41, 5.74) is -0.0372. The first-order valence-electron chi connectivity index (χ1n) is 5.45. The maximum atomic E-state index is 10.4. The summed E-state index contributed by atoms with van der Waals surface area (Å²) in [6, 6.07) is 11.0. The molecule has 0 fully saturated rings. The van der Waals surface area contributed by atoms with E-state index in [2.05, 4.69) is 0 Å². The largest absolute Gasteiger partial charge is 0.508 e. The Labute approximate surface area is 114 Å². The molecule has 6 heteroatoms. The minimum Gasteiger partial charge on any atom is -0.508 e. The third-order valence-corrected chi connectivity index (χ3v) is 2.19. The molecule has 0 aliphatic rings. The third-order valence-electron chi connectivity index (χ3n) is 2.19. The molecule has 0 heterocycles. The number of aromatic hydroxyl groups is 2. The van der Waals surface area contributed by atoms with Crippen LogP contribution in [-0.2, 0) is 0 Å². The lowest BCUT2D eigenvalue weighted by Crippen LogP contribution is -2.01. The van der Waals surface area contributed by atoms with Crippen LogP contribution in [0.15, 0.2) is 48.5 Å². The predicted octanol–water partition coefficient (Wildman–Crippen LogP) is 2.18. The van der Waals surface area contributed by atoms with Crippen molar-refractivity contribution < 1.29 is 30.0 Å². The van der Waals surface area contributed by atoms with Crippen LogP contribution in [0.1, 0.15) is 20.7 Å². The number of carboxylic acid groups (broad SMARTS) is 2. The molecule has 0 aromatic heterocycles. The summed E-state index contributed by atoms with van der Waals surface area (Å²) in [5, 5.41) is 34.3. The van der Waals surface area contributed by atoms with Crippen LogP contribution in [0.5, 0.6) is 11.5 Å². The molecule has 0 saturated heterocycles. The van der Waals surface area contributed by atoms with E-state index in [1.807, 2.05) is 0 Å². The lowest BCUT2D eigenvalue weighted by molar-refractivity contribution is 0.0696. The molecular weight excluding hydrogens is 264 g/mol. The van der Waals surface area contributed by atoms with Crippen molar-refractivity contribution in [3.05, 3.63) is 59.7 Å². The summed E-state index contributed by atoms with van der Waals surface area (Å²) in [5.74, 6) is -2.08. The monoisotopic (exact) mass is 276 g/mol. The molecule has 0 unspecified atom stereocenters. The maximum Gasteiger partial charge on any atom is 0.335 e. The molecule has 4 N–H and O–H groups in total. The van der Waals surface area contributed by atoms with Gasteiger partial charge >= 0.3 is 11.9 Å². The van der Waals surface area contributed by atoms with E-state index in [9.17, 15) is 9.59 Å². The zero-order chi connectivity index (χ0) is 15.1. The van der Waals surface area contributed by atoms with Crippen LogP contribution in [0.2, 0.25) is 0 Å². The van der Waals surface area contributed by atoms with Gasteiger partial charge in [0.1, 0.15) is 11.5 Å². The molecule has 2 aromatic carbocycles. The minimum atomic E-state index is -1.13. The van der Waals surface area contributed by atoms with Crippen LogP contribution in [0.25, 0.3) is 0 Å². The van der Waals surface area contributed by atoms with Gasteiger partial charge in [-0.3, -0.25) is 0 Å². The third kappa shape index (κ3) is 4.69. The molecule has 6 nitrogen and oxygen atoms in total. The molecule has 0 atom stereocenters. The fraction of sp³-hybridized carbons (Fsp3) is 0. The molecule has 0 saturated carbocycles. The number of carboxylic acids is 2. The highest BCUT2D eigenvalue weighted by molar-refractivity contribution is 5.93. The average Bonchev–Trinajstić information content (AvgIpc) is 2.39. The first kappa shape index (κ1) is 15.0. The lowest BCUT2D eigenvalue weighted by Gasteiger charge is -1.95. The van der Waals surface area contributed by atoms with Crippen molar-refractivity contribution in [2.45, 2.75) is 0 Å². The molecule has 104 valence electrons. The number of phenolic OH excluding ortho intramolecular Hbond substituents is 2. The minimum absolute atomic E-state index is 0.0186. The van der Waals surface area contributed by atoms with Crippen molar-refractivity contribution >= 4 is 11.9 Å². The second-order valence-corrected chi connectivity index (χ2v) is 3.71. The molecule has 0 bridgehead atoms. The summed E-state index contributed by atoms with van der Waals surface area (Å²) in [6.45, 7) is 0. The van der Waals surface area contributed by atoms with E-state index in [1.165, 1.54) is 36.4 Å². The van der Waals surface area contributed by atoms with E-state index in [0.717, 1.165) is 6.07 Å². The number of rotatable bonds is 2. The van der Waals surface area contributed by atoms with Crippen LogP contribution in [0, 0.1) is 0 Å². The molecular formula is C14H12O6. The van der Waals surface area contributed by atoms with E-state index in [4.69, 9.17) is 20.4 Å². The van der Waals surface area contributed by atoms with Crippen molar-refractivity contribution in [1.29, 1.82) is 0 Å². The quantitative estimate of drug-likeness (QED) is 0.668. The Morgan fingerprint density at radius 1 is 0.700 bits per heavy atom. The summed E-state index contributed by atoms with van der Waals surface area (Å²) < 4.78 is 0. The van der Waals surface area contributed by atoms with Crippen LogP contribution < -0.4 is 0 Å². The Balaban J connectivity index is 0.000000217. The molecule has 0 spiro atoms. The zero-order valence-corrected chi connectivity index (χ0v) is 10.2. The van der Waals surface area contributed by atoms with Crippen LogP contribution >= 0.6 is 0 Å². The Bertz CT molecular complexity index is 574. The number of hydrogen-bond donors (Lipinski definition) is 4. The van der Waals surface area contributed by atoms with Gasteiger partial charge in [-0.05, 0) is 30.3 Å². The number of benzene rings is 2. The van der Waals surface area contributed by atoms with E-state index in [0.29, 0.717) is 0 Å². The van der Waals surface area contributed by atoms with Crippen LogP contribution in [0.3, 0.4) is 0 Å². The standard InChI is InChI=1S/C8H6O4.C6H6O2/c9-7(10)5-2-1-3-6(4-5)8(11)12;7-5-2-1-3-6(8)4-5/h1-4H,(H,9,10)(H,11,12);1-4,7-8H. The Kier molecular flexibility index (Phi) is 5.11. The second kappa shape index (κ2) is 6.79. The lowest BCUT2D eigenvalue weighted by atomic mass is 10.1. The van der Waals surface area contributed by atoms with E-state index in [1.54, 1.807) is 6.07 Å². The van der Waals surface area contributed by atoms with Gasteiger partial charge < -0.3 is 20.4 Å². The van der Waals surface area contributed by atoms with Gasteiger partial charge in [0.05, 0.1) is 11.1 Å². The molecule has 20 heavy (non-hydrogen) atoms. The topological polar surface area (TPSA) is 115 Å². The molecule has 0 aliphatic heterocycles. The summed E-state index contributed by atoms with van der Waals surface area (Å²) in [4.78, 5) is 20.8. The van der Waals surface area contributed by atoms with Gasteiger partial charge in [0.25, 0.3) is 0 Å². The van der Waals surface area contributed by atoms with Crippen molar-refractivity contribution in [2.24, 2.45) is 0 Å². The van der Waals surface area contributed by atoms with E-state index >= 15 is 0 Å². The Morgan fingerprint density at radius 2 is 1.10 bits per heavy atom. The molecule has 0 aliphatic carbocycles. The summed E-state index contributed by atoms with van der Waals surface area (Å²) in [7, 11) is 0. The number of aromatic carboxylic acids is 2. The van der Waals surface area contributed by atoms with Crippen molar-refractivity contribution in [3.63, 3.8) is 0 Å². The fourth-order valence-corrected chi connectivity index (χ4v) is 1.28. The molecule has 0 radical (unpaired) electrons. The van der Waals surface area contributed by atoms with Crippen molar-refractivity contribution in [2.75, 3.05) is 0 Å². The van der Waals surface area contributed by atoms with Crippen molar-refractivity contribution in [3.8, 4) is 11.5 Å². The molecule has 0 amide bonds. The Morgan fingerprint density at radius 3 is 1.40 bits per heavy atom. The highest BCUT2D eigenvalue weighted by Gasteiger charge is 2.06. The Hall–Kier alpha value is -3.02. The predicted molar refractivity (Wildman–Crippen MR) is 70.1 cm³/mol. The number of hydrogen-bond acceptors (Lipinski definition) is 4. The first-order chi connectivity index (χ1) is 9.40. The van der Waals surface area contributed by atoms with Gasteiger partial charge in [0, 0.05) is 6.07 Å². The van der Waals surface area contributed by atoms with Gasteiger partial charge in [-0.1, -0.05) is 12.1 Å². The van der Waals surface area contributed by atoms with Gasteiger partial charge in [-0.15, -0.1) is 0 Å². The van der Waals surface area contributed by atoms with Crippen LogP contribution in [0.4, 0.5) is 0 Å². The smallest absolute Gasteiger partial charge is 0.335 e. The first-order valence-corrected chi connectivity index (χ1v) is 5.45. The van der Waals surface area contributed by atoms with E-state index < -0.39 is 11.9 Å². The van der Waals surface area contributed by atoms with Gasteiger partial charge in [0.15, 0.2) is 0 Å². The second-order valence-electron chi connectivity index (χ2n) is 3.71. The fourth-order valence-electron chi connectivity index (χ4n) is 1.28. The highest BCUT2D eigenvalue weighted by Crippen LogP contribution is 2.14. The normalized spacial score (nSPS) is 9.20. The van der Waals surface area contributed by atoms with E-state index in [-0.39, 0.29) is 22.6 Å². The highest BCUT2D eigenvalue weighted by atomic mass is 16.4. The van der Waals surface area contributed by atoms with Gasteiger partial charge in [-0.25, -0.2) is 9.59 Å². The van der Waals surface area contributed by atoms with Gasteiger partial charge in [-0.2, -0.15) is 0 Å². The van der Waals surface area contributed by atoms with Crippen molar-refractivity contribution in [1.82, 2.24) is 0 Å². The summed E-state index contributed by atoms with van der Waals surface area (Å²) >= 11 is 0. The summed E-state index contributed by atoms with van der Waals surface area (Å²) in [6.07, 6.45) is 0. The van der Waals surface area contributed by atoms with Crippen LogP contribution in [-0.4, -0.2) is 32.4 Å². The maximum absolute atomic E-state index is 10.4. The zero-order valence-electron chi connectivity index (χ0n) is 10.2. The molecule has 2 rings (SSSR count).